The molecule has 5 heteroatoms. The Morgan fingerprint density at radius 2 is 1.76 bits per heavy atom. The minimum absolute atomic E-state index is 0.208. The molecule has 2 aromatic carbocycles. The number of hydrogen-bond acceptors (Lipinski definition) is 4. The molecule has 130 valence electrons. The van der Waals surface area contributed by atoms with E-state index >= 15 is 0 Å². The minimum atomic E-state index is -0.546. The zero-order valence-corrected chi connectivity index (χ0v) is 14.0. The van der Waals surface area contributed by atoms with Crippen LogP contribution in [0.5, 0.6) is 5.75 Å². The highest BCUT2D eigenvalue weighted by Gasteiger charge is 2.37. The molecular formula is C20H21NO4. The number of benzene rings is 2. The number of amides is 2. The highest BCUT2D eigenvalue weighted by Crippen LogP contribution is 2.19. The normalized spacial score (nSPS) is 16.6. The average molecular weight is 339 g/mol. The molecule has 0 saturated carbocycles. The van der Waals surface area contributed by atoms with E-state index in [2.05, 4.69) is 0 Å². The van der Waals surface area contributed by atoms with Crippen molar-refractivity contribution >= 4 is 12.0 Å². The number of carbonyl (C=O) groups is 2. The fraction of sp³-hybridized carbons (Fsp3) is 0.300. The lowest BCUT2D eigenvalue weighted by molar-refractivity contribution is -0.129. The summed E-state index contributed by atoms with van der Waals surface area (Å²) < 4.78 is 10.7. The number of hydrogen-bond donors (Lipinski definition) is 0. The molecular weight excluding hydrogens is 318 g/mol. The first-order valence-electron chi connectivity index (χ1n) is 8.44. The first-order chi connectivity index (χ1) is 12.2. The molecule has 5 nitrogen and oxygen atoms in total. The van der Waals surface area contributed by atoms with Crippen LogP contribution in [0.1, 0.15) is 18.4 Å². The van der Waals surface area contributed by atoms with E-state index in [1.54, 1.807) is 0 Å². The molecule has 0 bridgehead atoms. The molecule has 0 aromatic heterocycles. The first-order valence-corrected chi connectivity index (χ1v) is 8.44. The Labute approximate surface area is 147 Å². The number of nitrogens with zero attached hydrogens (tertiary/aromatic N) is 1. The minimum Gasteiger partial charge on any atom is -0.494 e. The second kappa shape index (κ2) is 8.33. The van der Waals surface area contributed by atoms with Gasteiger partial charge >= 0.3 is 6.09 Å². The quantitative estimate of drug-likeness (QED) is 0.725. The van der Waals surface area contributed by atoms with Gasteiger partial charge in [-0.1, -0.05) is 48.5 Å². The predicted molar refractivity (Wildman–Crippen MR) is 93.3 cm³/mol. The molecule has 3 rings (SSSR count). The van der Waals surface area contributed by atoms with Crippen molar-refractivity contribution < 1.29 is 19.1 Å². The van der Waals surface area contributed by atoms with Crippen molar-refractivity contribution in [3.05, 3.63) is 66.2 Å². The smallest absolute Gasteiger partial charge is 0.416 e. The Balaban J connectivity index is 1.49. The largest absolute Gasteiger partial charge is 0.494 e. The summed E-state index contributed by atoms with van der Waals surface area (Å²) in [7, 11) is 0. The molecule has 2 amide bonds. The van der Waals surface area contributed by atoms with Gasteiger partial charge in [0.05, 0.1) is 12.6 Å². The third-order valence-corrected chi connectivity index (χ3v) is 4.09. The van der Waals surface area contributed by atoms with Crippen LogP contribution in [0.15, 0.2) is 60.7 Å². The van der Waals surface area contributed by atoms with E-state index in [4.69, 9.17) is 9.47 Å². The van der Waals surface area contributed by atoms with Crippen LogP contribution in [0.25, 0.3) is 0 Å². The van der Waals surface area contributed by atoms with Crippen molar-refractivity contribution in [1.82, 2.24) is 4.90 Å². The van der Waals surface area contributed by atoms with Gasteiger partial charge in [-0.3, -0.25) is 4.79 Å². The van der Waals surface area contributed by atoms with Crippen LogP contribution in [-0.4, -0.2) is 36.2 Å². The Kier molecular flexibility index (Phi) is 5.67. The molecule has 0 spiro atoms. The maximum Gasteiger partial charge on any atom is 0.416 e. The standard InChI is InChI=1S/C20H21NO4/c22-19(12-7-13-24-18-10-5-2-6-11-18)21-17(15-25-20(21)23)14-16-8-3-1-4-9-16/h1-6,8-11,17H,7,12-15H2. The number of rotatable bonds is 7. The van der Waals surface area contributed by atoms with Gasteiger partial charge in [-0.25, -0.2) is 9.69 Å². The summed E-state index contributed by atoms with van der Waals surface area (Å²) >= 11 is 0. The maximum atomic E-state index is 12.4. The molecule has 1 atom stereocenters. The van der Waals surface area contributed by atoms with Gasteiger partial charge in [-0.05, 0) is 30.5 Å². The van der Waals surface area contributed by atoms with Crippen molar-refractivity contribution in [2.45, 2.75) is 25.3 Å². The molecule has 0 radical (unpaired) electrons. The topological polar surface area (TPSA) is 55.8 Å². The van der Waals surface area contributed by atoms with Gasteiger partial charge in [0.2, 0.25) is 5.91 Å². The molecule has 25 heavy (non-hydrogen) atoms. The molecule has 1 unspecified atom stereocenters. The lowest BCUT2D eigenvalue weighted by atomic mass is 10.1. The number of ether oxygens (including phenoxy) is 2. The van der Waals surface area contributed by atoms with Gasteiger partial charge in [0, 0.05) is 6.42 Å². The van der Waals surface area contributed by atoms with Crippen molar-refractivity contribution in [3.63, 3.8) is 0 Å². The lowest BCUT2D eigenvalue weighted by Gasteiger charge is -2.19. The van der Waals surface area contributed by atoms with E-state index in [0.717, 1.165) is 11.3 Å². The Bertz CT molecular complexity index is 702. The second-order valence-electron chi connectivity index (χ2n) is 5.95. The van der Waals surface area contributed by atoms with Gasteiger partial charge in [0.1, 0.15) is 12.4 Å². The molecule has 1 heterocycles. The molecule has 2 aromatic rings. The highest BCUT2D eigenvalue weighted by atomic mass is 16.6. The third kappa shape index (κ3) is 4.59. The summed E-state index contributed by atoms with van der Waals surface area (Å²) in [5.74, 6) is 0.567. The Hall–Kier alpha value is -2.82. The fourth-order valence-electron chi connectivity index (χ4n) is 2.85. The Morgan fingerprint density at radius 1 is 1.08 bits per heavy atom. The zero-order chi connectivity index (χ0) is 17.5. The van der Waals surface area contributed by atoms with Gasteiger partial charge in [0.15, 0.2) is 0 Å². The summed E-state index contributed by atoms with van der Waals surface area (Å²) in [6, 6.07) is 19.0. The average Bonchev–Trinajstić information content (AvgIpc) is 3.00. The number of imide groups is 1. The van der Waals surface area contributed by atoms with E-state index in [1.165, 1.54) is 4.90 Å². The molecule has 0 N–H and O–H groups in total. The zero-order valence-electron chi connectivity index (χ0n) is 14.0. The van der Waals surface area contributed by atoms with Crippen LogP contribution >= 0.6 is 0 Å². The number of carbonyl (C=O) groups excluding carboxylic acids is 2. The maximum absolute atomic E-state index is 12.4. The SMILES string of the molecule is O=C(CCCOc1ccccc1)N1C(=O)OCC1Cc1ccccc1. The van der Waals surface area contributed by atoms with Crippen molar-refractivity contribution in [1.29, 1.82) is 0 Å². The van der Waals surface area contributed by atoms with Crippen LogP contribution < -0.4 is 4.74 Å². The van der Waals surface area contributed by atoms with Crippen molar-refractivity contribution in [3.8, 4) is 5.75 Å². The fourth-order valence-corrected chi connectivity index (χ4v) is 2.85. The van der Waals surface area contributed by atoms with Crippen molar-refractivity contribution in [2.75, 3.05) is 13.2 Å². The number of para-hydroxylation sites is 1. The number of cyclic esters (lactones) is 1. The monoisotopic (exact) mass is 339 g/mol. The van der Waals surface area contributed by atoms with Crippen LogP contribution in [0.4, 0.5) is 4.79 Å². The van der Waals surface area contributed by atoms with E-state index in [0.29, 0.717) is 19.4 Å². The molecule has 1 fully saturated rings. The Morgan fingerprint density at radius 3 is 2.48 bits per heavy atom. The van der Waals surface area contributed by atoms with Crippen LogP contribution in [-0.2, 0) is 16.0 Å². The van der Waals surface area contributed by atoms with Gasteiger partial charge < -0.3 is 9.47 Å². The molecule has 0 aliphatic carbocycles. The van der Waals surface area contributed by atoms with Gasteiger partial charge in [0.25, 0.3) is 0 Å². The summed E-state index contributed by atoms with van der Waals surface area (Å²) in [5, 5.41) is 0. The van der Waals surface area contributed by atoms with E-state index in [9.17, 15) is 9.59 Å². The highest BCUT2D eigenvalue weighted by molar-refractivity contribution is 5.93. The van der Waals surface area contributed by atoms with E-state index < -0.39 is 6.09 Å². The summed E-state index contributed by atoms with van der Waals surface area (Å²) in [5.41, 5.74) is 1.08. The van der Waals surface area contributed by atoms with Crippen LogP contribution in [0.2, 0.25) is 0 Å². The van der Waals surface area contributed by atoms with E-state index in [1.807, 2.05) is 60.7 Å². The van der Waals surface area contributed by atoms with E-state index in [-0.39, 0.29) is 25.0 Å². The van der Waals surface area contributed by atoms with Gasteiger partial charge in [-0.15, -0.1) is 0 Å². The molecule has 1 aliphatic heterocycles. The van der Waals surface area contributed by atoms with Crippen LogP contribution in [0, 0.1) is 0 Å². The molecule has 1 saturated heterocycles. The molecule has 1 aliphatic rings. The lowest BCUT2D eigenvalue weighted by Crippen LogP contribution is -2.40. The summed E-state index contributed by atoms with van der Waals surface area (Å²) in [6.45, 7) is 0.683. The van der Waals surface area contributed by atoms with Crippen molar-refractivity contribution in [2.24, 2.45) is 0 Å². The van der Waals surface area contributed by atoms with Crippen LogP contribution in [0.3, 0.4) is 0 Å². The summed E-state index contributed by atoms with van der Waals surface area (Å²) in [6.07, 6.45) is 0.872. The van der Waals surface area contributed by atoms with Gasteiger partial charge in [-0.2, -0.15) is 0 Å². The second-order valence-corrected chi connectivity index (χ2v) is 5.95. The predicted octanol–water partition coefficient (Wildman–Crippen LogP) is 3.44. The third-order valence-electron chi connectivity index (χ3n) is 4.09. The summed E-state index contributed by atoms with van der Waals surface area (Å²) in [4.78, 5) is 25.6. The first kappa shape index (κ1) is 17.0.